The number of ether oxygens (including phenoxy) is 3. The Balaban J connectivity index is 1.19. The van der Waals surface area contributed by atoms with Gasteiger partial charge >= 0.3 is 0 Å². The number of halogens is 1. The number of benzene rings is 4. The van der Waals surface area contributed by atoms with Crippen LogP contribution in [0.1, 0.15) is 22.3 Å². The predicted octanol–water partition coefficient (Wildman–Crippen LogP) is 7.70. The van der Waals surface area contributed by atoms with Gasteiger partial charge in [0.05, 0.1) is 30.3 Å². The molecule has 0 unspecified atom stereocenters. The summed E-state index contributed by atoms with van der Waals surface area (Å²) in [6.45, 7) is 0.476. The number of pyridine rings is 2. The van der Waals surface area contributed by atoms with E-state index in [0.29, 0.717) is 41.0 Å². The number of carbonyl (C=O) groups excluding carboxylic acids is 1. The second-order valence-corrected chi connectivity index (χ2v) is 9.36. The Labute approximate surface area is 230 Å². The molecule has 0 N–H and O–H groups in total. The predicted molar refractivity (Wildman–Crippen MR) is 153 cm³/mol. The van der Waals surface area contributed by atoms with Crippen molar-refractivity contribution in [3.05, 3.63) is 108 Å². The van der Waals surface area contributed by atoms with E-state index in [2.05, 4.69) is 23.2 Å². The van der Waals surface area contributed by atoms with Crippen LogP contribution in [0, 0.1) is 5.82 Å². The summed E-state index contributed by atoms with van der Waals surface area (Å²) in [7, 11) is 1.57. The minimum absolute atomic E-state index is 0.00836. The van der Waals surface area contributed by atoms with Crippen LogP contribution < -0.4 is 14.2 Å². The zero-order valence-corrected chi connectivity index (χ0v) is 21.8. The third-order valence-corrected chi connectivity index (χ3v) is 6.80. The number of hydrogen-bond acceptors (Lipinski definition) is 6. The number of fused-ring (bicyclic) bond motifs is 3. The van der Waals surface area contributed by atoms with Crippen LogP contribution in [0.5, 0.6) is 23.0 Å². The van der Waals surface area contributed by atoms with Gasteiger partial charge in [-0.3, -0.25) is 9.78 Å². The molecular formula is C33H25FN2O4. The molecule has 198 valence electrons. The Hall–Kier alpha value is -5.04. The van der Waals surface area contributed by atoms with Crippen LogP contribution in [0.15, 0.2) is 91.1 Å². The van der Waals surface area contributed by atoms with Gasteiger partial charge in [-0.1, -0.05) is 30.3 Å². The Morgan fingerprint density at radius 1 is 0.800 bits per heavy atom. The molecule has 0 saturated heterocycles. The number of rotatable bonds is 9. The molecule has 6 nitrogen and oxygen atoms in total. The van der Waals surface area contributed by atoms with Crippen LogP contribution in [-0.4, -0.2) is 30.0 Å². The summed E-state index contributed by atoms with van der Waals surface area (Å²) in [5.74, 6) is 0.866. The van der Waals surface area contributed by atoms with Crippen molar-refractivity contribution in [3.63, 3.8) is 0 Å². The lowest BCUT2D eigenvalue weighted by atomic mass is 10.0. The number of para-hydroxylation sites is 1. The highest BCUT2D eigenvalue weighted by Gasteiger charge is 2.14. The average Bonchev–Trinajstić information content (AvgIpc) is 2.99. The maximum absolute atomic E-state index is 14.4. The molecule has 0 radical (unpaired) electrons. The van der Waals surface area contributed by atoms with E-state index < -0.39 is 5.82 Å². The fraction of sp³-hybridized carbons (Fsp3) is 0.121. The average molecular weight is 533 g/mol. The fourth-order valence-corrected chi connectivity index (χ4v) is 4.80. The van der Waals surface area contributed by atoms with Crippen LogP contribution in [0.3, 0.4) is 0 Å². The number of nitrogens with zero attached hydrogens (tertiary/aromatic N) is 2. The van der Waals surface area contributed by atoms with Gasteiger partial charge in [0.1, 0.15) is 12.0 Å². The van der Waals surface area contributed by atoms with Crippen molar-refractivity contribution in [1.29, 1.82) is 0 Å². The molecule has 7 heteroatoms. The minimum Gasteiger partial charge on any atom is -0.493 e. The summed E-state index contributed by atoms with van der Waals surface area (Å²) in [6, 6.07) is 25.8. The van der Waals surface area contributed by atoms with Crippen molar-refractivity contribution < 1.29 is 23.4 Å². The van der Waals surface area contributed by atoms with Crippen LogP contribution in [0.25, 0.3) is 32.7 Å². The fourth-order valence-electron chi connectivity index (χ4n) is 4.80. The Kier molecular flexibility index (Phi) is 6.93. The highest BCUT2D eigenvalue weighted by Crippen LogP contribution is 2.37. The second kappa shape index (κ2) is 11.0. The maximum atomic E-state index is 14.4. The van der Waals surface area contributed by atoms with Crippen molar-refractivity contribution in [3.8, 4) is 23.0 Å². The molecule has 0 aliphatic rings. The lowest BCUT2D eigenvalue weighted by Crippen LogP contribution is -2.02. The van der Waals surface area contributed by atoms with Crippen LogP contribution in [0.4, 0.5) is 4.39 Å². The van der Waals surface area contributed by atoms with Crippen molar-refractivity contribution in [2.45, 2.75) is 12.8 Å². The zero-order chi connectivity index (χ0) is 27.5. The standard InChI is InChI=1S/C33H25FN2O4/c1-38-32-18-25-29(35-14-13-30(25)40-31-12-11-21(20-37)16-26(31)34)19-33(32)39-15-5-8-22-7-4-10-28-24(22)17-23-6-2-3-9-27(23)36-28/h2-4,6-7,9-14,16-20H,5,8,15H2,1H3. The van der Waals surface area contributed by atoms with E-state index in [1.807, 2.05) is 30.3 Å². The molecule has 4 aromatic carbocycles. The molecule has 6 aromatic rings. The molecule has 0 atom stereocenters. The lowest BCUT2D eigenvalue weighted by molar-refractivity contribution is 0.112. The zero-order valence-electron chi connectivity index (χ0n) is 21.8. The number of carbonyl (C=O) groups is 1. The summed E-state index contributed by atoms with van der Waals surface area (Å²) in [4.78, 5) is 20.2. The SMILES string of the molecule is COc1cc2c(Oc3ccc(C=O)cc3F)ccnc2cc1OCCCc1cccc2nc3ccccc3cc12. The molecule has 40 heavy (non-hydrogen) atoms. The first-order valence-electron chi connectivity index (χ1n) is 12.9. The van der Waals surface area contributed by atoms with Gasteiger partial charge in [0.25, 0.3) is 0 Å². The molecule has 0 bridgehead atoms. The molecule has 0 amide bonds. The first-order chi connectivity index (χ1) is 19.6. The van der Waals surface area contributed by atoms with E-state index in [1.54, 1.807) is 31.5 Å². The van der Waals surface area contributed by atoms with Crippen LogP contribution in [0.2, 0.25) is 0 Å². The second-order valence-electron chi connectivity index (χ2n) is 9.36. The number of methoxy groups -OCH3 is 1. The van der Waals surface area contributed by atoms with Crippen molar-refractivity contribution in [2.24, 2.45) is 0 Å². The van der Waals surface area contributed by atoms with E-state index in [9.17, 15) is 9.18 Å². The van der Waals surface area contributed by atoms with Gasteiger partial charge in [0.15, 0.2) is 23.1 Å². The minimum atomic E-state index is -0.628. The summed E-state index contributed by atoms with van der Waals surface area (Å²) in [5, 5.41) is 2.91. The topological polar surface area (TPSA) is 70.5 Å². The molecular weight excluding hydrogens is 507 g/mol. The highest BCUT2D eigenvalue weighted by atomic mass is 19.1. The van der Waals surface area contributed by atoms with Gasteiger partial charge in [-0.05, 0) is 66.9 Å². The molecule has 0 aliphatic heterocycles. The quantitative estimate of drug-likeness (QED) is 0.108. The highest BCUT2D eigenvalue weighted by molar-refractivity contribution is 5.94. The molecule has 0 saturated carbocycles. The Morgan fingerprint density at radius 3 is 2.52 bits per heavy atom. The van der Waals surface area contributed by atoms with Crippen molar-refractivity contribution in [2.75, 3.05) is 13.7 Å². The lowest BCUT2D eigenvalue weighted by Gasteiger charge is -2.14. The van der Waals surface area contributed by atoms with Gasteiger partial charge < -0.3 is 14.2 Å². The molecule has 0 fully saturated rings. The molecule has 0 spiro atoms. The normalized spacial score (nSPS) is 11.2. The van der Waals surface area contributed by atoms with Gasteiger partial charge in [-0.15, -0.1) is 0 Å². The third kappa shape index (κ3) is 5.01. The van der Waals surface area contributed by atoms with E-state index >= 15 is 0 Å². The number of aromatic nitrogens is 2. The summed E-state index contributed by atoms with van der Waals surface area (Å²) >= 11 is 0. The van der Waals surface area contributed by atoms with Crippen LogP contribution >= 0.6 is 0 Å². The number of aryl methyl sites for hydroxylation is 1. The van der Waals surface area contributed by atoms with E-state index in [0.717, 1.165) is 40.7 Å². The summed E-state index contributed by atoms with van der Waals surface area (Å²) in [5.41, 5.74) is 4.05. The first-order valence-corrected chi connectivity index (χ1v) is 12.9. The van der Waals surface area contributed by atoms with Gasteiger partial charge in [0, 0.05) is 34.0 Å². The Morgan fingerprint density at radius 2 is 1.68 bits per heavy atom. The van der Waals surface area contributed by atoms with Crippen molar-refractivity contribution in [1.82, 2.24) is 9.97 Å². The smallest absolute Gasteiger partial charge is 0.166 e. The molecule has 2 aromatic heterocycles. The van der Waals surface area contributed by atoms with E-state index in [-0.39, 0.29) is 11.3 Å². The van der Waals surface area contributed by atoms with E-state index in [4.69, 9.17) is 19.2 Å². The van der Waals surface area contributed by atoms with Gasteiger partial charge in [0.2, 0.25) is 0 Å². The number of aldehydes is 1. The maximum Gasteiger partial charge on any atom is 0.166 e. The summed E-state index contributed by atoms with van der Waals surface area (Å²) < 4.78 is 32.0. The monoisotopic (exact) mass is 532 g/mol. The first kappa shape index (κ1) is 25.2. The van der Waals surface area contributed by atoms with Gasteiger partial charge in [-0.25, -0.2) is 9.37 Å². The van der Waals surface area contributed by atoms with Gasteiger partial charge in [-0.2, -0.15) is 0 Å². The van der Waals surface area contributed by atoms with Crippen LogP contribution in [-0.2, 0) is 6.42 Å². The summed E-state index contributed by atoms with van der Waals surface area (Å²) in [6.07, 6.45) is 3.80. The molecule has 6 rings (SSSR count). The molecule has 0 aliphatic carbocycles. The van der Waals surface area contributed by atoms with Crippen molar-refractivity contribution >= 4 is 39.0 Å². The Bertz CT molecular complexity index is 1870. The molecule has 2 heterocycles. The number of hydrogen-bond donors (Lipinski definition) is 0. The van der Waals surface area contributed by atoms with E-state index in [1.165, 1.54) is 17.7 Å². The largest absolute Gasteiger partial charge is 0.493 e. The third-order valence-electron chi connectivity index (χ3n) is 6.80.